The maximum absolute atomic E-state index is 5.38. The first-order valence-electron chi connectivity index (χ1n) is 7.47. The van der Waals surface area contributed by atoms with E-state index in [0.717, 1.165) is 24.7 Å². The summed E-state index contributed by atoms with van der Waals surface area (Å²) in [5.41, 5.74) is 1.26. The smallest absolute Gasteiger partial charge is 0.166 e. The van der Waals surface area contributed by atoms with Crippen molar-refractivity contribution in [2.75, 3.05) is 13.1 Å². The highest BCUT2D eigenvalue weighted by Crippen LogP contribution is 2.12. The highest BCUT2D eigenvalue weighted by atomic mass is 32.1. The average molecular weight is 291 g/mol. The van der Waals surface area contributed by atoms with Crippen molar-refractivity contribution in [3.8, 4) is 0 Å². The van der Waals surface area contributed by atoms with Gasteiger partial charge in [-0.1, -0.05) is 30.3 Å². The van der Waals surface area contributed by atoms with Crippen LogP contribution in [0, 0.1) is 0 Å². The van der Waals surface area contributed by atoms with Crippen LogP contribution in [0.2, 0.25) is 0 Å². The largest absolute Gasteiger partial charge is 0.360 e. The van der Waals surface area contributed by atoms with Crippen LogP contribution in [0.3, 0.4) is 0 Å². The molecule has 3 nitrogen and oxygen atoms in total. The van der Waals surface area contributed by atoms with E-state index in [2.05, 4.69) is 53.6 Å². The summed E-state index contributed by atoms with van der Waals surface area (Å²) in [6.07, 6.45) is 2.34. The standard InChI is InChI=1S/C16H25N3S/c1-13(2)19-10-8-15(9-11-19)18-16(20)17-12-14-6-4-3-5-7-14/h3-7,13,15H,8-12H2,1-2H3,(H2,17,18,20). The zero-order valence-electron chi connectivity index (χ0n) is 12.4. The molecule has 0 bridgehead atoms. The van der Waals surface area contributed by atoms with Crippen molar-refractivity contribution in [3.05, 3.63) is 35.9 Å². The molecule has 1 aliphatic heterocycles. The lowest BCUT2D eigenvalue weighted by Crippen LogP contribution is -2.48. The Balaban J connectivity index is 1.68. The van der Waals surface area contributed by atoms with Gasteiger partial charge in [0.15, 0.2) is 5.11 Å². The summed E-state index contributed by atoms with van der Waals surface area (Å²) in [5, 5.41) is 7.50. The second-order valence-corrected chi connectivity index (χ2v) is 6.12. The van der Waals surface area contributed by atoms with Gasteiger partial charge in [-0.25, -0.2) is 0 Å². The van der Waals surface area contributed by atoms with Crippen molar-refractivity contribution in [2.45, 2.75) is 45.3 Å². The molecule has 1 aromatic rings. The zero-order valence-corrected chi connectivity index (χ0v) is 13.2. The highest BCUT2D eigenvalue weighted by molar-refractivity contribution is 7.80. The van der Waals surface area contributed by atoms with Crippen LogP contribution < -0.4 is 10.6 Å². The molecule has 1 saturated heterocycles. The molecule has 0 amide bonds. The lowest BCUT2D eigenvalue weighted by atomic mass is 10.0. The molecule has 110 valence electrons. The summed E-state index contributed by atoms with van der Waals surface area (Å²) in [5.74, 6) is 0. The van der Waals surface area contributed by atoms with Crippen LogP contribution >= 0.6 is 12.2 Å². The Labute approximate surface area is 127 Å². The van der Waals surface area contributed by atoms with E-state index in [0.29, 0.717) is 12.1 Å². The Morgan fingerprint density at radius 1 is 1.25 bits per heavy atom. The third-order valence-electron chi connectivity index (χ3n) is 3.89. The lowest BCUT2D eigenvalue weighted by molar-refractivity contribution is 0.167. The van der Waals surface area contributed by atoms with Gasteiger partial charge in [0.1, 0.15) is 0 Å². The molecule has 0 aliphatic carbocycles. The lowest BCUT2D eigenvalue weighted by Gasteiger charge is -2.35. The molecule has 1 aromatic carbocycles. The molecule has 0 saturated carbocycles. The van der Waals surface area contributed by atoms with Crippen LogP contribution in [-0.4, -0.2) is 35.2 Å². The topological polar surface area (TPSA) is 27.3 Å². The van der Waals surface area contributed by atoms with Gasteiger partial charge in [0, 0.05) is 31.7 Å². The SMILES string of the molecule is CC(C)N1CCC(NC(=S)NCc2ccccc2)CC1. The van der Waals surface area contributed by atoms with Gasteiger partial charge in [-0.2, -0.15) is 0 Å². The molecule has 1 heterocycles. The van der Waals surface area contributed by atoms with E-state index in [-0.39, 0.29) is 0 Å². The molecule has 0 unspecified atom stereocenters. The fourth-order valence-electron chi connectivity index (χ4n) is 2.57. The molecule has 0 spiro atoms. The molecule has 0 aromatic heterocycles. The first kappa shape index (κ1) is 15.3. The number of hydrogen-bond acceptors (Lipinski definition) is 2. The minimum atomic E-state index is 0.515. The number of thiocarbonyl (C=S) groups is 1. The quantitative estimate of drug-likeness (QED) is 0.834. The third kappa shape index (κ3) is 4.76. The minimum absolute atomic E-state index is 0.515. The molecular formula is C16H25N3S. The van der Waals surface area contributed by atoms with Gasteiger partial charge in [0.25, 0.3) is 0 Å². The van der Waals surface area contributed by atoms with Gasteiger partial charge in [-0.15, -0.1) is 0 Å². The van der Waals surface area contributed by atoms with Gasteiger partial charge in [-0.3, -0.25) is 0 Å². The number of piperidine rings is 1. The Hall–Kier alpha value is -1.13. The van der Waals surface area contributed by atoms with E-state index in [1.807, 2.05) is 6.07 Å². The van der Waals surface area contributed by atoms with Crippen molar-refractivity contribution in [1.29, 1.82) is 0 Å². The van der Waals surface area contributed by atoms with E-state index in [1.54, 1.807) is 0 Å². The Morgan fingerprint density at radius 2 is 1.90 bits per heavy atom. The minimum Gasteiger partial charge on any atom is -0.360 e. The van der Waals surface area contributed by atoms with Crippen LogP contribution in [0.5, 0.6) is 0 Å². The molecule has 2 N–H and O–H groups in total. The summed E-state index contributed by atoms with van der Waals surface area (Å²) in [7, 11) is 0. The van der Waals surface area contributed by atoms with Crippen LogP contribution in [0.15, 0.2) is 30.3 Å². The monoisotopic (exact) mass is 291 g/mol. The number of hydrogen-bond donors (Lipinski definition) is 2. The van der Waals surface area contributed by atoms with Crippen molar-refractivity contribution in [2.24, 2.45) is 0 Å². The molecule has 0 radical (unpaired) electrons. The van der Waals surface area contributed by atoms with Gasteiger partial charge >= 0.3 is 0 Å². The van der Waals surface area contributed by atoms with Crippen molar-refractivity contribution in [1.82, 2.24) is 15.5 Å². The number of rotatable bonds is 4. The van der Waals surface area contributed by atoms with E-state index < -0.39 is 0 Å². The number of likely N-dealkylation sites (tertiary alicyclic amines) is 1. The average Bonchev–Trinajstić information content (AvgIpc) is 2.47. The summed E-state index contributed by atoms with van der Waals surface area (Å²) < 4.78 is 0. The van der Waals surface area contributed by atoms with E-state index in [9.17, 15) is 0 Å². The van der Waals surface area contributed by atoms with Crippen LogP contribution in [-0.2, 0) is 6.54 Å². The van der Waals surface area contributed by atoms with E-state index in [1.165, 1.54) is 18.4 Å². The number of benzene rings is 1. The van der Waals surface area contributed by atoms with Crippen molar-refractivity contribution < 1.29 is 0 Å². The van der Waals surface area contributed by atoms with Crippen molar-refractivity contribution >= 4 is 17.3 Å². The van der Waals surface area contributed by atoms with Gasteiger partial charge in [-0.05, 0) is 44.5 Å². The van der Waals surface area contributed by atoms with Gasteiger partial charge < -0.3 is 15.5 Å². The molecule has 0 atom stereocenters. The van der Waals surface area contributed by atoms with Crippen LogP contribution in [0.1, 0.15) is 32.3 Å². The summed E-state index contributed by atoms with van der Waals surface area (Å²) >= 11 is 5.38. The fourth-order valence-corrected chi connectivity index (χ4v) is 2.81. The second kappa shape index (κ2) is 7.60. The third-order valence-corrected chi connectivity index (χ3v) is 4.15. The molecule has 20 heavy (non-hydrogen) atoms. The normalized spacial score (nSPS) is 17.1. The van der Waals surface area contributed by atoms with Crippen LogP contribution in [0.25, 0.3) is 0 Å². The number of nitrogens with one attached hydrogen (secondary N) is 2. The molecule has 4 heteroatoms. The molecular weight excluding hydrogens is 266 g/mol. The van der Waals surface area contributed by atoms with Crippen LogP contribution in [0.4, 0.5) is 0 Å². The summed E-state index contributed by atoms with van der Waals surface area (Å²) in [6, 6.07) is 11.5. The molecule has 1 fully saturated rings. The van der Waals surface area contributed by atoms with Gasteiger partial charge in [0.2, 0.25) is 0 Å². The van der Waals surface area contributed by atoms with Crippen molar-refractivity contribution in [3.63, 3.8) is 0 Å². The maximum atomic E-state index is 5.38. The molecule has 1 aliphatic rings. The second-order valence-electron chi connectivity index (χ2n) is 5.72. The first-order chi connectivity index (χ1) is 9.65. The highest BCUT2D eigenvalue weighted by Gasteiger charge is 2.20. The predicted octanol–water partition coefficient (Wildman–Crippen LogP) is 2.52. The molecule has 2 rings (SSSR count). The number of nitrogens with zero attached hydrogens (tertiary/aromatic N) is 1. The van der Waals surface area contributed by atoms with E-state index >= 15 is 0 Å². The summed E-state index contributed by atoms with van der Waals surface area (Å²) in [6.45, 7) is 7.64. The maximum Gasteiger partial charge on any atom is 0.166 e. The Morgan fingerprint density at radius 3 is 2.50 bits per heavy atom. The van der Waals surface area contributed by atoms with E-state index in [4.69, 9.17) is 12.2 Å². The Kier molecular flexibility index (Phi) is 5.80. The fraction of sp³-hybridized carbons (Fsp3) is 0.562. The Bertz CT molecular complexity index is 411. The van der Waals surface area contributed by atoms with Gasteiger partial charge in [0.05, 0.1) is 0 Å². The first-order valence-corrected chi connectivity index (χ1v) is 7.88. The predicted molar refractivity (Wildman–Crippen MR) is 88.7 cm³/mol. The zero-order chi connectivity index (χ0) is 14.4. The summed E-state index contributed by atoms with van der Waals surface area (Å²) in [4.78, 5) is 2.53.